The number of carbonyl (C=O) groups excluding carboxylic acids is 2. The molecule has 1 fully saturated rings. The number of ether oxygens (including phenoxy) is 2. The molecule has 1 N–H and O–H groups in total. The summed E-state index contributed by atoms with van der Waals surface area (Å²) >= 11 is 0. The lowest BCUT2D eigenvalue weighted by Gasteiger charge is -2.29. The Morgan fingerprint density at radius 1 is 1.18 bits per heavy atom. The fourth-order valence-corrected chi connectivity index (χ4v) is 3.50. The third-order valence-corrected chi connectivity index (χ3v) is 5.05. The zero-order chi connectivity index (χ0) is 19.5. The molecule has 4 rings (SSSR count). The molecule has 0 radical (unpaired) electrons. The highest BCUT2D eigenvalue weighted by molar-refractivity contribution is 5.90. The van der Waals surface area contributed by atoms with Crippen LogP contribution in [0.4, 0.5) is 15.3 Å². The molecule has 0 unspecified atom stereocenters. The molecule has 7 nitrogen and oxygen atoms in total. The average molecular weight is 382 g/mol. The SMILES string of the molecule is O=C(OCc1ccccc1)N1CCc2cc(N3C[C@H](CO)OC3=O)ccc2C1. The number of carbonyl (C=O) groups is 2. The van der Waals surface area contributed by atoms with Crippen molar-refractivity contribution < 1.29 is 24.2 Å². The summed E-state index contributed by atoms with van der Waals surface area (Å²) in [7, 11) is 0. The van der Waals surface area contributed by atoms with Crippen LogP contribution < -0.4 is 4.90 Å². The maximum absolute atomic E-state index is 12.4. The van der Waals surface area contributed by atoms with Crippen molar-refractivity contribution in [3.63, 3.8) is 0 Å². The van der Waals surface area contributed by atoms with Gasteiger partial charge in [-0.2, -0.15) is 0 Å². The van der Waals surface area contributed by atoms with E-state index in [9.17, 15) is 14.7 Å². The second kappa shape index (κ2) is 7.90. The number of aliphatic hydroxyl groups excluding tert-OH is 1. The smallest absolute Gasteiger partial charge is 0.414 e. The van der Waals surface area contributed by atoms with Crippen LogP contribution in [-0.4, -0.2) is 48.0 Å². The van der Waals surface area contributed by atoms with E-state index < -0.39 is 12.2 Å². The van der Waals surface area contributed by atoms with Crippen molar-refractivity contribution in [2.24, 2.45) is 0 Å². The number of cyclic esters (lactones) is 1. The summed E-state index contributed by atoms with van der Waals surface area (Å²) in [4.78, 5) is 27.6. The number of benzene rings is 2. The molecule has 2 aliphatic rings. The van der Waals surface area contributed by atoms with Gasteiger partial charge in [-0.25, -0.2) is 9.59 Å². The molecule has 1 saturated heterocycles. The van der Waals surface area contributed by atoms with Crippen LogP contribution in [0.5, 0.6) is 0 Å². The van der Waals surface area contributed by atoms with Crippen molar-refractivity contribution in [1.82, 2.24) is 4.90 Å². The third-order valence-electron chi connectivity index (χ3n) is 5.05. The quantitative estimate of drug-likeness (QED) is 0.880. The highest BCUT2D eigenvalue weighted by atomic mass is 16.6. The molecule has 2 aromatic carbocycles. The minimum absolute atomic E-state index is 0.187. The Morgan fingerprint density at radius 3 is 2.75 bits per heavy atom. The number of rotatable bonds is 4. The van der Waals surface area contributed by atoms with E-state index in [1.807, 2.05) is 48.5 Å². The van der Waals surface area contributed by atoms with Gasteiger partial charge in [0.1, 0.15) is 12.7 Å². The van der Waals surface area contributed by atoms with Gasteiger partial charge in [-0.3, -0.25) is 4.90 Å². The van der Waals surface area contributed by atoms with Crippen molar-refractivity contribution in [2.45, 2.75) is 25.7 Å². The summed E-state index contributed by atoms with van der Waals surface area (Å²) in [5.41, 5.74) is 3.85. The molecular weight excluding hydrogens is 360 g/mol. The molecule has 7 heteroatoms. The van der Waals surface area contributed by atoms with Crippen LogP contribution in [0.1, 0.15) is 16.7 Å². The second-order valence-electron chi connectivity index (χ2n) is 6.96. The number of aliphatic hydroxyl groups is 1. The van der Waals surface area contributed by atoms with E-state index in [4.69, 9.17) is 9.47 Å². The lowest BCUT2D eigenvalue weighted by Crippen LogP contribution is -2.36. The van der Waals surface area contributed by atoms with Gasteiger partial charge in [-0.05, 0) is 35.2 Å². The summed E-state index contributed by atoms with van der Waals surface area (Å²) in [6, 6.07) is 15.3. The zero-order valence-electron chi connectivity index (χ0n) is 15.4. The topological polar surface area (TPSA) is 79.3 Å². The largest absolute Gasteiger partial charge is 0.445 e. The molecule has 0 aliphatic carbocycles. The number of nitrogens with zero attached hydrogens (tertiary/aromatic N) is 2. The molecular formula is C21H22N2O5. The van der Waals surface area contributed by atoms with Crippen LogP contribution in [-0.2, 0) is 29.0 Å². The lowest BCUT2D eigenvalue weighted by atomic mass is 9.99. The first-order valence-electron chi connectivity index (χ1n) is 9.30. The standard InChI is InChI=1S/C21H22N2O5/c24-13-19-12-23(21(26)28-19)18-7-6-17-11-22(9-8-16(17)10-18)20(25)27-14-15-4-2-1-3-5-15/h1-7,10,19,24H,8-9,11-14H2/t19-/m1/s1. The molecule has 146 valence electrons. The van der Waals surface area contributed by atoms with E-state index >= 15 is 0 Å². The van der Waals surface area contributed by atoms with Gasteiger partial charge in [0, 0.05) is 18.8 Å². The van der Waals surface area contributed by atoms with Gasteiger partial charge >= 0.3 is 12.2 Å². The zero-order valence-corrected chi connectivity index (χ0v) is 15.4. The molecule has 0 saturated carbocycles. The second-order valence-corrected chi connectivity index (χ2v) is 6.96. The maximum atomic E-state index is 12.4. The molecule has 0 bridgehead atoms. The van der Waals surface area contributed by atoms with Crippen molar-refractivity contribution in [3.05, 3.63) is 65.2 Å². The van der Waals surface area contributed by atoms with E-state index in [1.54, 1.807) is 4.90 Å². The third kappa shape index (κ3) is 3.80. The van der Waals surface area contributed by atoms with Gasteiger partial charge < -0.3 is 19.5 Å². The van der Waals surface area contributed by atoms with E-state index in [0.717, 1.165) is 22.4 Å². The Morgan fingerprint density at radius 2 is 2.00 bits per heavy atom. The van der Waals surface area contributed by atoms with Crippen molar-refractivity contribution in [2.75, 3.05) is 24.6 Å². The van der Waals surface area contributed by atoms with Gasteiger partial charge in [0.15, 0.2) is 0 Å². The minimum atomic E-state index is -0.488. The molecule has 0 spiro atoms. The molecule has 2 aliphatic heterocycles. The van der Waals surface area contributed by atoms with Crippen LogP contribution >= 0.6 is 0 Å². The molecule has 2 aromatic rings. The van der Waals surface area contributed by atoms with Gasteiger partial charge in [-0.1, -0.05) is 36.4 Å². The number of fused-ring (bicyclic) bond motifs is 1. The van der Waals surface area contributed by atoms with Gasteiger partial charge in [0.2, 0.25) is 0 Å². The number of hydrogen-bond donors (Lipinski definition) is 1. The highest BCUT2D eigenvalue weighted by Crippen LogP contribution is 2.28. The number of amides is 2. The minimum Gasteiger partial charge on any atom is -0.445 e. The Kier molecular flexibility index (Phi) is 5.16. The summed E-state index contributed by atoms with van der Waals surface area (Å²) in [6.07, 6.45) is -0.567. The summed E-state index contributed by atoms with van der Waals surface area (Å²) in [5, 5.41) is 9.18. The highest BCUT2D eigenvalue weighted by Gasteiger charge is 2.32. The van der Waals surface area contributed by atoms with E-state index in [0.29, 0.717) is 26.1 Å². The Bertz CT molecular complexity index is 870. The molecule has 28 heavy (non-hydrogen) atoms. The summed E-state index contributed by atoms with van der Waals surface area (Å²) < 4.78 is 10.5. The molecule has 2 heterocycles. The summed E-state index contributed by atoms with van der Waals surface area (Å²) in [5.74, 6) is 0. The Hall–Kier alpha value is -3.06. The Balaban J connectivity index is 1.39. The van der Waals surface area contributed by atoms with Crippen molar-refractivity contribution in [3.8, 4) is 0 Å². The molecule has 0 aromatic heterocycles. The van der Waals surface area contributed by atoms with Crippen molar-refractivity contribution >= 4 is 17.9 Å². The first kappa shape index (κ1) is 18.3. The maximum Gasteiger partial charge on any atom is 0.414 e. The summed E-state index contributed by atoms with van der Waals surface area (Å²) in [6.45, 7) is 1.45. The van der Waals surface area contributed by atoms with E-state index in [1.165, 1.54) is 4.90 Å². The first-order valence-corrected chi connectivity index (χ1v) is 9.30. The average Bonchev–Trinajstić information content (AvgIpc) is 3.12. The fraction of sp³-hybridized carbons (Fsp3) is 0.333. The van der Waals surface area contributed by atoms with Gasteiger partial charge in [0.05, 0.1) is 13.2 Å². The lowest BCUT2D eigenvalue weighted by molar-refractivity contribution is 0.0918. The van der Waals surface area contributed by atoms with Gasteiger partial charge in [-0.15, -0.1) is 0 Å². The number of anilines is 1. The normalized spacial score (nSPS) is 18.6. The van der Waals surface area contributed by atoms with Crippen LogP contribution in [0, 0.1) is 0 Å². The van der Waals surface area contributed by atoms with E-state index in [2.05, 4.69) is 0 Å². The fourth-order valence-electron chi connectivity index (χ4n) is 3.50. The van der Waals surface area contributed by atoms with Crippen LogP contribution in [0.3, 0.4) is 0 Å². The van der Waals surface area contributed by atoms with Crippen LogP contribution in [0.25, 0.3) is 0 Å². The van der Waals surface area contributed by atoms with Gasteiger partial charge in [0.25, 0.3) is 0 Å². The monoisotopic (exact) mass is 382 g/mol. The first-order chi connectivity index (χ1) is 13.6. The van der Waals surface area contributed by atoms with Crippen LogP contribution in [0.2, 0.25) is 0 Å². The van der Waals surface area contributed by atoms with Crippen molar-refractivity contribution in [1.29, 1.82) is 0 Å². The predicted octanol–water partition coefficient (Wildman–Crippen LogP) is 2.70. The predicted molar refractivity (Wildman–Crippen MR) is 102 cm³/mol. The Labute approximate surface area is 163 Å². The van der Waals surface area contributed by atoms with E-state index in [-0.39, 0.29) is 19.3 Å². The molecule has 1 atom stereocenters. The van der Waals surface area contributed by atoms with Crippen LogP contribution in [0.15, 0.2) is 48.5 Å². The molecule has 2 amide bonds. The number of hydrogen-bond acceptors (Lipinski definition) is 5.